The van der Waals surface area contributed by atoms with Crippen molar-refractivity contribution in [3.05, 3.63) is 111 Å². The summed E-state index contributed by atoms with van der Waals surface area (Å²) >= 11 is 3.25. The predicted octanol–water partition coefficient (Wildman–Crippen LogP) is 5.03. The molecule has 0 radical (unpaired) electrons. The summed E-state index contributed by atoms with van der Waals surface area (Å²) in [5, 5.41) is 0. The molecule has 0 bridgehead atoms. The number of nitrogens with two attached hydrogens (primary N) is 1. The van der Waals surface area contributed by atoms with Gasteiger partial charge in [0.1, 0.15) is 0 Å². The minimum atomic E-state index is -4.14. The zero-order chi connectivity index (χ0) is 29.0. The van der Waals surface area contributed by atoms with Gasteiger partial charge >= 0.3 is 0 Å². The van der Waals surface area contributed by atoms with Crippen molar-refractivity contribution in [2.75, 3.05) is 15.2 Å². The monoisotopic (exact) mass is 639 g/mol. The van der Waals surface area contributed by atoms with Crippen LogP contribution in [0.15, 0.2) is 87.1 Å². The van der Waals surface area contributed by atoms with Crippen LogP contribution in [0.5, 0.6) is 0 Å². The molecule has 0 aromatic heterocycles. The highest BCUT2D eigenvalue weighted by molar-refractivity contribution is 9.10. The number of ketones is 2. The van der Waals surface area contributed by atoms with Gasteiger partial charge in [-0.3, -0.25) is 19.0 Å². The molecule has 0 saturated heterocycles. The topological polar surface area (TPSA) is 152 Å². The van der Waals surface area contributed by atoms with E-state index in [4.69, 9.17) is 5.73 Å². The summed E-state index contributed by atoms with van der Waals surface area (Å²) < 4.78 is 57.5. The summed E-state index contributed by atoms with van der Waals surface area (Å²) in [6.07, 6.45) is 0. The van der Waals surface area contributed by atoms with Gasteiger partial charge in [0.15, 0.2) is 11.6 Å². The largest absolute Gasteiger partial charge is 0.397 e. The molecule has 1 aliphatic rings. The van der Waals surface area contributed by atoms with E-state index in [0.717, 1.165) is 11.1 Å². The number of benzene rings is 4. The van der Waals surface area contributed by atoms with Crippen LogP contribution in [0.4, 0.5) is 17.1 Å². The maximum absolute atomic E-state index is 13.9. The number of carbonyl (C=O) groups is 2. The van der Waals surface area contributed by atoms with Crippen LogP contribution in [0.1, 0.15) is 43.0 Å². The summed E-state index contributed by atoms with van der Waals surface area (Å²) in [5.74, 6) is -1.43. The van der Waals surface area contributed by atoms with Gasteiger partial charge in [-0.1, -0.05) is 47.5 Å². The molecule has 4 aromatic rings. The summed E-state index contributed by atoms with van der Waals surface area (Å²) in [7, 11) is -8.26. The van der Waals surface area contributed by atoms with Crippen molar-refractivity contribution in [2.24, 2.45) is 0 Å². The first-order valence-electron chi connectivity index (χ1n) is 11.8. The van der Waals surface area contributed by atoms with Gasteiger partial charge in [0.25, 0.3) is 20.0 Å². The van der Waals surface area contributed by atoms with Crippen molar-refractivity contribution in [3.8, 4) is 0 Å². The van der Waals surface area contributed by atoms with E-state index < -0.39 is 31.6 Å². The Bertz CT molecular complexity index is 1940. The van der Waals surface area contributed by atoms with Crippen LogP contribution >= 0.6 is 15.9 Å². The molecular formula is C28H22BrN3O6S2. The SMILES string of the molecule is Cc1ccc(S(=O)(=O)Nc2cccc3c2C(=O)c2c(N)c(Br)cc(NS(=O)(=O)c4ccc(C)cc4)c2C3=O)cc1. The molecule has 1 aliphatic carbocycles. The Labute approximate surface area is 239 Å². The van der Waals surface area contributed by atoms with E-state index in [1.165, 1.54) is 48.5 Å². The number of nitrogens with one attached hydrogen (secondary N) is 2. The number of aryl methyl sites for hydroxylation is 2. The van der Waals surface area contributed by atoms with E-state index in [1.807, 2.05) is 13.8 Å². The Balaban J connectivity index is 1.62. The number of hydrogen-bond donors (Lipinski definition) is 3. The maximum Gasteiger partial charge on any atom is 0.261 e. The lowest BCUT2D eigenvalue weighted by atomic mass is 9.81. The maximum atomic E-state index is 13.9. The van der Waals surface area contributed by atoms with Crippen LogP contribution < -0.4 is 15.2 Å². The van der Waals surface area contributed by atoms with Gasteiger partial charge in [-0.05, 0) is 66.2 Å². The number of rotatable bonds is 6. The quantitative estimate of drug-likeness (QED) is 0.220. The minimum absolute atomic E-state index is 0.0271. The molecule has 5 rings (SSSR count). The average molecular weight is 641 g/mol. The van der Waals surface area contributed by atoms with Gasteiger partial charge in [-0.25, -0.2) is 16.8 Å². The number of halogens is 1. The number of carbonyl (C=O) groups excluding carboxylic acids is 2. The van der Waals surface area contributed by atoms with Crippen LogP contribution in [0.25, 0.3) is 0 Å². The van der Waals surface area contributed by atoms with Gasteiger partial charge in [0, 0.05) is 10.0 Å². The molecule has 4 N–H and O–H groups in total. The van der Waals surface area contributed by atoms with Gasteiger partial charge < -0.3 is 5.73 Å². The Morgan fingerprint density at radius 2 is 1.15 bits per heavy atom. The summed E-state index contributed by atoms with van der Waals surface area (Å²) in [4.78, 5) is 27.6. The zero-order valence-electron chi connectivity index (χ0n) is 21.1. The van der Waals surface area contributed by atoms with E-state index in [9.17, 15) is 26.4 Å². The van der Waals surface area contributed by atoms with Gasteiger partial charge in [0.05, 0.1) is 43.5 Å². The first-order valence-corrected chi connectivity index (χ1v) is 15.6. The predicted molar refractivity (Wildman–Crippen MR) is 156 cm³/mol. The number of hydrogen-bond acceptors (Lipinski definition) is 7. The fourth-order valence-electron chi connectivity index (χ4n) is 4.39. The molecule has 0 fully saturated rings. The van der Waals surface area contributed by atoms with Crippen LogP contribution in [-0.4, -0.2) is 28.4 Å². The van der Waals surface area contributed by atoms with Crippen LogP contribution in [0, 0.1) is 13.8 Å². The Morgan fingerprint density at radius 3 is 1.68 bits per heavy atom. The molecule has 9 nitrogen and oxygen atoms in total. The molecule has 4 aromatic carbocycles. The summed E-state index contributed by atoms with van der Waals surface area (Å²) in [6.45, 7) is 3.63. The number of fused-ring (bicyclic) bond motifs is 2. The highest BCUT2D eigenvalue weighted by atomic mass is 79.9. The average Bonchev–Trinajstić information content (AvgIpc) is 2.89. The molecule has 0 heterocycles. The molecule has 0 spiro atoms. The van der Waals surface area contributed by atoms with Crippen molar-refractivity contribution in [2.45, 2.75) is 23.6 Å². The second-order valence-electron chi connectivity index (χ2n) is 9.29. The molecule has 40 heavy (non-hydrogen) atoms. The molecule has 0 aliphatic heterocycles. The Morgan fingerprint density at radius 1 is 0.650 bits per heavy atom. The van der Waals surface area contributed by atoms with Crippen molar-refractivity contribution in [3.63, 3.8) is 0 Å². The molecule has 12 heteroatoms. The number of sulfonamides is 2. The second-order valence-corrected chi connectivity index (χ2v) is 13.5. The standard InChI is InChI=1S/C28H22BrN3O6S2/c1-15-6-10-17(11-7-15)39(35,36)31-21-5-3-4-19-23(21)28(34)25-24(27(19)33)22(14-20(29)26(25)30)32-40(37,38)18-12-8-16(2)9-13-18/h3-14,31-32H,30H2,1-2H3. The summed E-state index contributed by atoms with van der Waals surface area (Å²) in [6, 6.07) is 17.7. The van der Waals surface area contributed by atoms with Crippen molar-refractivity contribution in [1.29, 1.82) is 0 Å². The lowest BCUT2D eigenvalue weighted by molar-refractivity contribution is 0.0981. The van der Waals surface area contributed by atoms with Gasteiger partial charge in [-0.2, -0.15) is 0 Å². The van der Waals surface area contributed by atoms with Gasteiger partial charge in [0.2, 0.25) is 0 Å². The molecule has 0 saturated carbocycles. The zero-order valence-corrected chi connectivity index (χ0v) is 24.4. The fourth-order valence-corrected chi connectivity index (χ4v) is 6.95. The van der Waals surface area contributed by atoms with E-state index in [2.05, 4.69) is 25.4 Å². The second kappa shape index (κ2) is 9.88. The molecular weight excluding hydrogens is 618 g/mol. The van der Waals surface area contributed by atoms with Crippen molar-refractivity contribution < 1.29 is 26.4 Å². The first-order chi connectivity index (χ1) is 18.8. The van der Waals surface area contributed by atoms with E-state index in [0.29, 0.717) is 0 Å². The third kappa shape index (κ3) is 4.78. The highest BCUT2D eigenvalue weighted by Crippen LogP contribution is 2.42. The van der Waals surface area contributed by atoms with Crippen LogP contribution in [0.2, 0.25) is 0 Å². The fraction of sp³-hybridized carbons (Fsp3) is 0.0714. The van der Waals surface area contributed by atoms with E-state index >= 15 is 0 Å². The molecule has 0 amide bonds. The van der Waals surface area contributed by atoms with Crippen molar-refractivity contribution in [1.82, 2.24) is 0 Å². The van der Waals surface area contributed by atoms with Gasteiger partial charge in [-0.15, -0.1) is 0 Å². The van der Waals surface area contributed by atoms with E-state index in [-0.39, 0.29) is 53.6 Å². The normalized spacial score (nSPS) is 13.0. The van der Waals surface area contributed by atoms with Crippen LogP contribution in [0.3, 0.4) is 0 Å². The molecule has 204 valence electrons. The van der Waals surface area contributed by atoms with E-state index in [1.54, 1.807) is 24.3 Å². The smallest absolute Gasteiger partial charge is 0.261 e. The number of nitrogen functional groups attached to an aromatic ring is 1. The minimum Gasteiger partial charge on any atom is -0.397 e. The molecule has 0 atom stereocenters. The van der Waals surface area contributed by atoms with Crippen LogP contribution in [-0.2, 0) is 20.0 Å². The molecule has 0 unspecified atom stereocenters. The lowest BCUT2D eigenvalue weighted by Crippen LogP contribution is -2.27. The Kier molecular flexibility index (Phi) is 6.81. The number of anilines is 3. The third-order valence-corrected chi connectivity index (χ3v) is 9.88. The lowest BCUT2D eigenvalue weighted by Gasteiger charge is -2.25. The van der Waals surface area contributed by atoms with Crippen molar-refractivity contribution >= 4 is 64.6 Å². The first kappa shape index (κ1) is 27.6. The highest BCUT2D eigenvalue weighted by Gasteiger charge is 2.37. The summed E-state index contributed by atoms with van der Waals surface area (Å²) in [5.41, 5.74) is 6.84. The Hall–Kier alpha value is -4.00. The third-order valence-electron chi connectivity index (χ3n) is 6.46.